The molecular formula is C11H7F2N3OS. The summed E-state index contributed by atoms with van der Waals surface area (Å²) in [5.41, 5.74) is 0.324. The van der Waals surface area contributed by atoms with Crippen LogP contribution in [0.15, 0.2) is 29.4 Å². The molecule has 0 radical (unpaired) electrons. The molecule has 2 aromatic rings. The normalized spacial score (nSPS) is 15.8. The van der Waals surface area contributed by atoms with Gasteiger partial charge in [-0.25, -0.2) is 13.8 Å². The van der Waals surface area contributed by atoms with Crippen molar-refractivity contribution < 1.29 is 13.6 Å². The molecule has 1 aromatic carbocycles. The molecule has 1 aliphatic rings. The number of hydrazone groups is 1. The Bertz CT molecular complexity index is 620. The van der Waals surface area contributed by atoms with E-state index in [1.807, 2.05) is 18.2 Å². The molecule has 92 valence electrons. The van der Waals surface area contributed by atoms with Gasteiger partial charge in [-0.05, 0) is 12.1 Å². The lowest BCUT2D eigenvalue weighted by Gasteiger charge is -2.05. The molecule has 0 aliphatic carbocycles. The zero-order chi connectivity index (χ0) is 12.7. The van der Waals surface area contributed by atoms with Crippen LogP contribution in [0.25, 0.3) is 10.2 Å². The van der Waals surface area contributed by atoms with Gasteiger partial charge in [0.25, 0.3) is 12.3 Å². The highest BCUT2D eigenvalue weighted by Crippen LogP contribution is 2.31. The quantitative estimate of drug-likeness (QED) is 0.839. The van der Waals surface area contributed by atoms with Crippen molar-refractivity contribution >= 4 is 38.3 Å². The van der Waals surface area contributed by atoms with Crippen molar-refractivity contribution in [3.05, 3.63) is 24.3 Å². The van der Waals surface area contributed by atoms with Crippen LogP contribution in [-0.4, -0.2) is 23.0 Å². The molecule has 3 rings (SSSR count). The molecule has 1 amide bonds. The maximum absolute atomic E-state index is 12.5. The van der Waals surface area contributed by atoms with Crippen LogP contribution in [0.2, 0.25) is 0 Å². The number of halogens is 2. The summed E-state index contributed by atoms with van der Waals surface area (Å²) in [7, 11) is 0. The highest BCUT2D eigenvalue weighted by molar-refractivity contribution is 7.22. The van der Waals surface area contributed by atoms with E-state index in [9.17, 15) is 13.6 Å². The predicted octanol–water partition coefficient (Wildman–Crippen LogP) is 2.65. The van der Waals surface area contributed by atoms with Crippen molar-refractivity contribution in [2.75, 3.05) is 5.01 Å². The number of hydrogen-bond acceptors (Lipinski definition) is 4. The fourth-order valence-corrected chi connectivity index (χ4v) is 2.60. The number of fused-ring (bicyclic) bond motifs is 1. The maximum Gasteiger partial charge on any atom is 0.278 e. The number of amides is 1. The molecule has 0 unspecified atom stereocenters. The number of hydrogen-bond donors (Lipinski definition) is 0. The number of benzene rings is 1. The van der Waals surface area contributed by atoms with Gasteiger partial charge in [-0.2, -0.15) is 10.1 Å². The number of anilines is 1. The van der Waals surface area contributed by atoms with Crippen LogP contribution < -0.4 is 5.01 Å². The second-order valence-corrected chi connectivity index (χ2v) is 4.75. The van der Waals surface area contributed by atoms with Gasteiger partial charge in [0.15, 0.2) is 0 Å². The summed E-state index contributed by atoms with van der Waals surface area (Å²) in [5, 5.41) is 4.93. The van der Waals surface area contributed by atoms with Crippen LogP contribution >= 0.6 is 11.3 Å². The standard InChI is InChI=1S/C11H7F2N3OS/c12-10(13)7-5-9(17)16(15-7)11-14-6-3-1-2-4-8(6)18-11/h1-4,10H,5H2. The number of thiazole rings is 1. The largest absolute Gasteiger partial charge is 0.278 e. The Kier molecular flexibility index (Phi) is 2.55. The van der Waals surface area contributed by atoms with E-state index in [0.29, 0.717) is 5.13 Å². The van der Waals surface area contributed by atoms with E-state index >= 15 is 0 Å². The van der Waals surface area contributed by atoms with Gasteiger partial charge in [0.2, 0.25) is 5.13 Å². The second-order valence-electron chi connectivity index (χ2n) is 3.74. The minimum atomic E-state index is -2.70. The van der Waals surface area contributed by atoms with E-state index < -0.39 is 18.0 Å². The van der Waals surface area contributed by atoms with Crippen LogP contribution in [0.5, 0.6) is 0 Å². The van der Waals surface area contributed by atoms with E-state index in [-0.39, 0.29) is 6.42 Å². The molecule has 4 nitrogen and oxygen atoms in total. The van der Waals surface area contributed by atoms with Crippen LogP contribution in [0.1, 0.15) is 6.42 Å². The highest BCUT2D eigenvalue weighted by atomic mass is 32.1. The van der Waals surface area contributed by atoms with E-state index in [2.05, 4.69) is 10.1 Å². The Morgan fingerprint density at radius 1 is 1.33 bits per heavy atom. The van der Waals surface area contributed by atoms with Crippen molar-refractivity contribution in [1.29, 1.82) is 0 Å². The van der Waals surface area contributed by atoms with Crippen LogP contribution in [-0.2, 0) is 4.79 Å². The third-order valence-corrected chi connectivity index (χ3v) is 3.52. The molecule has 0 saturated heterocycles. The summed E-state index contributed by atoms with van der Waals surface area (Å²) in [6.45, 7) is 0. The van der Waals surface area contributed by atoms with Crippen LogP contribution in [0, 0.1) is 0 Å². The number of carbonyl (C=O) groups excluding carboxylic acids is 1. The second kappa shape index (κ2) is 4.09. The molecule has 2 heterocycles. The lowest BCUT2D eigenvalue weighted by atomic mass is 10.3. The number of para-hydroxylation sites is 1. The number of nitrogens with zero attached hydrogens (tertiary/aromatic N) is 3. The van der Waals surface area contributed by atoms with Crippen LogP contribution in [0.4, 0.5) is 13.9 Å². The van der Waals surface area contributed by atoms with Gasteiger partial charge in [-0.1, -0.05) is 23.5 Å². The molecule has 0 fully saturated rings. The molecule has 0 saturated carbocycles. The van der Waals surface area contributed by atoms with Crippen molar-refractivity contribution in [3.63, 3.8) is 0 Å². The van der Waals surface area contributed by atoms with Gasteiger partial charge < -0.3 is 0 Å². The summed E-state index contributed by atoms with van der Waals surface area (Å²) < 4.78 is 25.9. The number of aromatic nitrogens is 1. The third-order valence-electron chi connectivity index (χ3n) is 2.51. The minimum Gasteiger partial charge on any atom is -0.272 e. The highest BCUT2D eigenvalue weighted by Gasteiger charge is 2.31. The van der Waals surface area contributed by atoms with Crippen molar-refractivity contribution in [3.8, 4) is 0 Å². The van der Waals surface area contributed by atoms with Gasteiger partial charge in [0.1, 0.15) is 5.71 Å². The molecule has 1 aromatic heterocycles. The van der Waals surface area contributed by atoms with Crippen LogP contribution in [0.3, 0.4) is 0 Å². The Labute approximate surface area is 105 Å². The zero-order valence-electron chi connectivity index (χ0n) is 9.01. The first-order chi connectivity index (χ1) is 8.65. The topological polar surface area (TPSA) is 45.6 Å². The maximum atomic E-state index is 12.5. The first-order valence-electron chi connectivity index (χ1n) is 5.19. The van der Waals surface area contributed by atoms with Gasteiger partial charge in [0, 0.05) is 0 Å². The fraction of sp³-hybridized carbons (Fsp3) is 0.182. The van der Waals surface area contributed by atoms with Gasteiger partial charge >= 0.3 is 0 Å². The number of rotatable bonds is 2. The molecule has 7 heteroatoms. The first-order valence-corrected chi connectivity index (χ1v) is 6.01. The monoisotopic (exact) mass is 267 g/mol. The summed E-state index contributed by atoms with van der Waals surface area (Å²) in [4.78, 5) is 15.8. The van der Waals surface area contributed by atoms with E-state index in [1.165, 1.54) is 11.3 Å². The van der Waals surface area contributed by atoms with E-state index in [4.69, 9.17) is 0 Å². The lowest BCUT2D eigenvalue weighted by molar-refractivity contribution is -0.117. The molecule has 18 heavy (non-hydrogen) atoms. The fourth-order valence-electron chi connectivity index (χ4n) is 1.67. The van der Waals surface area contributed by atoms with Crippen molar-refractivity contribution in [2.24, 2.45) is 5.10 Å². The number of alkyl halides is 2. The Hall–Kier alpha value is -1.89. The van der Waals surface area contributed by atoms with E-state index in [1.54, 1.807) is 6.07 Å². The average Bonchev–Trinajstić information content (AvgIpc) is 2.91. The summed E-state index contributed by atoms with van der Waals surface area (Å²) in [6.07, 6.45) is -3.04. The molecular weight excluding hydrogens is 260 g/mol. The Morgan fingerprint density at radius 3 is 2.78 bits per heavy atom. The molecule has 0 atom stereocenters. The summed E-state index contributed by atoms with van der Waals surface area (Å²) >= 11 is 1.25. The van der Waals surface area contributed by atoms with Gasteiger partial charge in [0.05, 0.1) is 16.6 Å². The Balaban J connectivity index is 2.02. The summed E-state index contributed by atoms with van der Waals surface area (Å²) in [6, 6.07) is 7.33. The van der Waals surface area contributed by atoms with Gasteiger partial charge in [-0.15, -0.1) is 0 Å². The van der Waals surface area contributed by atoms with Crippen molar-refractivity contribution in [2.45, 2.75) is 12.8 Å². The van der Waals surface area contributed by atoms with E-state index in [0.717, 1.165) is 15.2 Å². The SMILES string of the molecule is O=C1CC(C(F)F)=NN1c1nc2ccccc2s1. The summed E-state index contributed by atoms with van der Waals surface area (Å²) in [5.74, 6) is -0.468. The predicted molar refractivity (Wildman–Crippen MR) is 65.2 cm³/mol. The minimum absolute atomic E-state index is 0.330. The van der Waals surface area contributed by atoms with Crippen molar-refractivity contribution in [1.82, 2.24) is 4.98 Å². The zero-order valence-corrected chi connectivity index (χ0v) is 9.82. The molecule has 0 bridgehead atoms. The lowest BCUT2D eigenvalue weighted by Crippen LogP contribution is -2.19. The first kappa shape index (κ1) is 11.2. The molecule has 0 N–H and O–H groups in total. The molecule has 1 aliphatic heterocycles. The smallest absolute Gasteiger partial charge is 0.272 e. The third kappa shape index (κ3) is 1.76. The van der Waals surface area contributed by atoms with Gasteiger partial charge in [-0.3, -0.25) is 4.79 Å². The molecule has 0 spiro atoms. The number of carbonyl (C=O) groups is 1. The Morgan fingerprint density at radius 2 is 2.11 bits per heavy atom. The average molecular weight is 267 g/mol.